The van der Waals surface area contributed by atoms with Crippen LogP contribution in [0.2, 0.25) is 0 Å². The van der Waals surface area contributed by atoms with E-state index in [2.05, 4.69) is 17.9 Å². The lowest BCUT2D eigenvalue weighted by atomic mass is 10.1. The number of anilines is 1. The van der Waals surface area contributed by atoms with Gasteiger partial charge < -0.3 is 19.3 Å². The predicted octanol–water partition coefficient (Wildman–Crippen LogP) is 4.45. The number of fused-ring (bicyclic) bond motifs is 1. The summed E-state index contributed by atoms with van der Waals surface area (Å²) in [5.41, 5.74) is 1.58. The maximum absolute atomic E-state index is 13.0. The number of carbonyl (C=O) groups is 1. The maximum atomic E-state index is 13.0. The molecule has 1 fully saturated rings. The molecule has 0 atom stereocenters. The lowest BCUT2D eigenvalue weighted by Crippen LogP contribution is -2.48. The molecule has 1 saturated heterocycles. The summed E-state index contributed by atoms with van der Waals surface area (Å²) in [4.78, 5) is 21.9. The largest absolute Gasteiger partial charge is 0.494 e. The Kier molecular flexibility index (Phi) is 6.38. The van der Waals surface area contributed by atoms with Gasteiger partial charge in [0.15, 0.2) is 5.13 Å². The number of amides is 1. The Hall–Kier alpha value is -2.80. The number of thiazole rings is 1. The van der Waals surface area contributed by atoms with Crippen LogP contribution >= 0.6 is 11.3 Å². The fraction of sp³-hybridized carbons (Fsp3) is 0.391. The molecule has 2 aromatic carbocycles. The Morgan fingerprint density at radius 2 is 1.93 bits per heavy atom. The first kappa shape index (κ1) is 20.5. The van der Waals surface area contributed by atoms with E-state index in [0.29, 0.717) is 25.3 Å². The highest BCUT2D eigenvalue weighted by Gasteiger charge is 2.24. The highest BCUT2D eigenvalue weighted by Crippen LogP contribution is 2.34. The molecule has 30 heavy (non-hydrogen) atoms. The molecule has 0 bridgehead atoms. The maximum Gasteiger partial charge on any atom is 0.254 e. The number of carbonyl (C=O) groups excluding carboxylic acids is 1. The highest BCUT2D eigenvalue weighted by atomic mass is 32.1. The van der Waals surface area contributed by atoms with Crippen LogP contribution in [-0.2, 0) is 0 Å². The molecule has 0 unspecified atom stereocenters. The number of rotatable bonds is 7. The van der Waals surface area contributed by atoms with Crippen molar-refractivity contribution in [3.8, 4) is 11.5 Å². The number of unbranched alkanes of at least 4 members (excludes halogenated alkanes) is 1. The average molecular weight is 426 g/mol. The lowest BCUT2D eigenvalue weighted by molar-refractivity contribution is 0.0746. The molecule has 2 heterocycles. The number of hydrogen-bond acceptors (Lipinski definition) is 6. The molecule has 0 aliphatic carbocycles. The van der Waals surface area contributed by atoms with Crippen molar-refractivity contribution < 1.29 is 14.3 Å². The number of nitrogens with zero attached hydrogens (tertiary/aromatic N) is 3. The molecule has 4 rings (SSSR count). The van der Waals surface area contributed by atoms with Crippen LogP contribution in [0.25, 0.3) is 10.2 Å². The molecule has 158 valence electrons. The Morgan fingerprint density at radius 1 is 1.13 bits per heavy atom. The van der Waals surface area contributed by atoms with Crippen LogP contribution in [-0.4, -0.2) is 55.7 Å². The van der Waals surface area contributed by atoms with Gasteiger partial charge in [-0.2, -0.15) is 0 Å². The monoisotopic (exact) mass is 425 g/mol. The predicted molar refractivity (Wildman–Crippen MR) is 121 cm³/mol. The minimum Gasteiger partial charge on any atom is -0.494 e. The van der Waals surface area contributed by atoms with E-state index in [9.17, 15) is 4.79 Å². The number of ether oxygens (including phenoxy) is 2. The van der Waals surface area contributed by atoms with Gasteiger partial charge in [0.25, 0.3) is 5.91 Å². The van der Waals surface area contributed by atoms with Crippen LogP contribution in [0.3, 0.4) is 0 Å². The van der Waals surface area contributed by atoms with Crippen LogP contribution in [0.5, 0.6) is 11.5 Å². The molecule has 6 nitrogen and oxygen atoms in total. The van der Waals surface area contributed by atoms with E-state index in [1.165, 1.54) is 0 Å². The van der Waals surface area contributed by atoms with Gasteiger partial charge >= 0.3 is 0 Å². The number of aromatic nitrogens is 1. The molecule has 0 radical (unpaired) electrons. The number of hydrogen-bond donors (Lipinski definition) is 0. The van der Waals surface area contributed by atoms with Crippen LogP contribution in [0, 0.1) is 0 Å². The molecule has 1 aromatic heterocycles. The third-order valence-electron chi connectivity index (χ3n) is 5.28. The van der Waals surface area contributed by atoms with Gasteiger partial charge in [-0.1, -0.05) is 36.8 Å². The van der Waals surface area contributed by atoms with Gasteiger partial charge in [0.2, 0.25) is 0 Å². The van der Waals surface area contributed by atoms with Crippen molar-refractivity contribution in [2.45, 2.75) is 19.8 Å². The van der Waals surface area contributed by atoms with E-state index >= 15 is 0 Å². The second-order valence-electron chi connectivity index (χ2n) is 7.31. The zero-order chi connectivity index (χ0) is 20.9. The van der Waals surface area contributed by atoms with Crippen LogP contribution in [0.15, 0.2) is 42.5 Å². The average Bonchev–Trinajstić information content (AvgIpc) is 3.23. The SMILES string of the molecule is CCCCOc1cccc(C(=O)N2CCN(c3nc4c(OC)cccc4s3)CC2)c1. The van der Waals surface area contributed by atoms with E-state index < -0.39 is 0 Å². The fourth-order valence-electron chi connectivity index (χ4n) is 3.55. The van der Waals surface area contributed by atoms with E-state index in [1.807, 2.05) is 41.3 Å². The third-order valence-corrected chi connectivity index (χ3v) is 6.36. The summed E-state index contributed by atoms with van der Waals surface area (Å²) in [5.74, 6) is 1.61. The normalized spacial score (nSPS) is 14.2. The molecule has 0 N–H and O–H groups in total. The second kappa shape index (κ2) is 9.34. The van der Waals surface area contributed by atoms with Crippen molar-refractivity contribution in [3.63, 3.8) is 0 Å². The standard InChI is InChI=1S/C23H27N3O3S/c1-3-4-15-29-18-8-5-7-17(16-18)22(27)25-11-13-26(14-12-25)23-24-21-19(28-2)9-6-10-20(21)30-23/h5-10,16H,3-4,11-15H2,1-2H3. The molecule has 7 heteroatoms. The van der Waals surface area contributed by atoms with Crippen LogP contribution in [0.1, 0.15) is 30.1 Å². The number of para-hydroxylation sites is 1. The summed E-state index contributed by atoms with van der Waals surface area (Å²) in [5, 5.41) is 0.980. The minimum atomic E-state index is 0.0570. The first-order valence-corrected chi connectivity index (χ1v) is 11.2. The van der Waals surface area contributed by atoms with E-state index in [1.54, 1.807) is 18.4 Å². The molecule has 0 spiro atoms. The van der Waals surface area contributed by atoms with Crippen molar-refractivity contribution in [1.82, 2.24) is 9.88 Å². The molecular weight excluding hydrogens is 398 g/mol. The summed E-state index contributed by atoms with van der Waals surface area (Å²) >= 11 is 1.67. The molecule has 1 aliphatic rings. The quantitative estimate of drug-likeness (QED) is 0.524. The molecule has 1 aliphatic heterocycles. The Bertz CT molecular complexity index is 1010. The number of methoxy groups -OCH3 is 1. The third kappa shape index (κ3) is 4.36. The molecular formula is C23H27N3O3S. The smallest absolute Gasteiger partial charge is 0.254 e. The lowest BCUT2D eigenvalue weighted by Gasteiger charge is -2.34. The topological polar surface area (TPSA) is 54.9 Å². The summed E-state index contributed by atoms with van der Waals surface area (Å²) in [6, 6.07) is 13.5. The molecule has 0 saturated carbocycles. The Labute approximate surface area is 181 Å². The van der Waals surface area contributed by atoms with Gasteiger partial charge in [-0.05, 0) is 36.8 Å². The zero-order valence-corrected chi connectivity index (χ0v) is 18.3. The van der Waals surface area contributed by atoms with Gasteiger partial charge in [0.05, 0.1) is 18.4 Å². The van der Waals surface area contributed by atoms with Crippen molar-refractivity contribution in [1.29, 1.82) is 0 Å². The van der Waals surface area contributed by atoms with Gasteiger partial charge in [0, 0.05) is 31.7 Å². The summed E-state index contributed by atoms with van der Waals surface area (Å²) in [6.45, 7) is 5.69. The first-order chi connectivity index (χ1) is 14.7. The van der Waals surface area contributed by atoms with Crippen molar-refractivity contribution in [3.05, 3.63) is 48.0 Å². The van der Waals surface area contributed by atoms with Crippen molar-refractivity contribution >= 4 is 32.6 Å². The Balaban J connectivity index is 1.40. The van der Waals surface area contributed by atoms with Crippen LogP contribution < -0.4 is 14.4 Å². The van der Waals surface area contributed by atoms with Gasteiger partial charge in [-0.15, -0.1) is 0 Å². The van der Waals surface area contributed by atoms with Crippen LogP contribution in [0.4, 0.5) is 5.13 Å². The summed E-state index contributed by atoms with van der Waals surface area (Å²) in [6.07, 6.45) is 2.10. The Morgan fingerprint density at radius 3 is 2.70 bits per heavy atom. The van der Waals surface area contributed by atoms with E-state index in [-0.39, 0.29) is 5.91 Å². The summed E-state index contributed by atoms with van der Waals surface area (Å²) < 4.78 is 12.3. The number of piperazine rings is 1. The first-order valence-electron chi connectivity index (χ1n) is 10.4. The van der Waals surface area contributed by atoms with Gasteiger partial charge in [0.1, 0.15) is 17.0 Å². The zero-order valence-electron chi connectivity index (χ0n) is 17.5. The van der Waals surface area contributed by atoms with Crippen molar-refractivity contribution in [2.75, 3.05) is 44.8 Å². The van der Waals surface area contributed by atoms with Gasteiger partial charge in [-0.3, -0.25) is 4.79 Å². The molecule has 3 aromatic rings. The van der Waals surface area contributed by atoms with E-state index in [4.69, 9.17) is 14.5 Å². The summed E-state index contributed by atoms with van der Waals surface area (Å²) in [7, 11) is 1.67. The van der Waals surface area contributed by atoms with E-state index in [0.717, 1.165) is 52.8 Å². The van der Waals surface area contributed by atoms with Crippen molar-refractivity contribution in [2.24, 2.45) is 0 Å². The van der Waals surface area contributed by atoms with Gasteiger partial charge in [-0.25, -0.2) is 4.98 Å². The second-order valence-corrected chi connectivity index (χ2v) is 8.32. The minimum absolute atomic E-state index is 0.0570. The fourth-order valence-corrected chi connectivity index (χ4v) is 4.58. The highest BCUT2D eigenvalue weighted by molar-refractivity contribution is 7.22. The molecule has 1 amide bonds. The number of benzene rings is 2.